The molecular weight excluding hydrogens is 960 g/mol. The van der Waals surface area contributed by atoms with Crippen molar-refractivity contribution in [3.05, 3.63) is 202 Å². The second-order valence-corrected chi connectivity index (χ2v) is 23.9. The van der Waals surface area contributed by atoms with E-state index in [0.29, 0.717) is 0 Å². The van der Waals surface area contributed by atoms with E-state index in [0.717, 1.165) is 127 Å². The molecule has 7 aromatic rings. The van der Waals surface area contributed by atoms with Gasteiger partial charge in [0.25, 0.3) is 0 Å². The van der Waals surface area contributed by atoms with Gasteiger partial charge in [0.2, 0.25) is 0 Å². The monoisotopic (exact) mass is 1030 g/mol. The van der Waals surface area contributed by atoms with Crippen LogP contribution >= 0.6 is 11.6 Å². The number of halogens is 1. The predicted molar refractivity (Wildman–Crippen MR) is 307 cm³/mol. The van der Waals surface area contributed by atoms with Gasteiger partial charge in [0.05, 0.1) is 16.8 Å². The fraction of sp³-hybridized carbons (Fsp3) is 0.391. The van der Waals surface area contributed by atoms with Gasteiger partial charge in [-0.15, -0.1) is 0 Å². The van der Waals surface area contributed by atoms with Crippen molar-refractivity contribution in [3.8, 4) is 44.5 Å². The lowest BCUT2D eigenvalue weighted by Crippen LogP contribution is -2.43. The standard InChI is InChI=1S/C69H75ClO6/c1-64-33-35-65(2,36-34-64)58-24-17-54(18-25-58)62-32-19-55(45-63(62)70)53-15-30-61(31-16-53)69(76-48-73-6)43-41-68(42-44-69,75-47-72-5)60-28-13-52(14-29-60)51-11-26-59(27-12-51)67(74-46-71-4)39-37-66(3,38-40-67)57-22-9-50(10-23-57)49-7-20-56(64)21-8-49/h7-32,45H,33-44,46-48H2,1-6H3. The summed E-state index contributed by atoms with van der Waals surface area (Å²) in [5, 5.41) is 0.741. The summed E-state index contributed by atoms with van der Waals surface area (Å²) in [5.74, 6) is 0. The van der Waals surface area contributed by atoms with E-state index in [4.69, 9.17) is 40.0 Å². The van der Waals surface area contributed by atoms with Crippen molar-refractivity contribution >= 4 is 11.6 Å². The van der Waals surface area contributed by atoms with Gasteiger partial charge in [-0.05, 0) is 172 Å². The summed E-state index contributed by atoms with van der Waals surface area (Å²) in [6, 6.07) is 61.3. The highest BCUT2D eigenvalue weighted by atomic mass is 35.5. The third-order valence-electron chi connectivity index (χ3n) is 19.1. The molecule has 19 aliphatic carbocycles. The van der Waals surface area contributed by atoms with E-state index in [2.05, 4.69) is 185 Å². The molecule has 3 saturated carbocycles. The van der Waals surface area contributed by atoms with Gasteiger partial charge in [0, 0.05) is 31.9 Å². The van der Waals surface area contributed by atoms with Crippen molar-refractivity contribution in [1.29, 1.82) is 0 Å². The first-order chi connectivity index (χ1) is 36.8. The number of rotatable bonds is 9. The van der Waals surface area contributed by atoms with E-state index in [1.54, 1.807) is 21.3 Å². The number of benzene rings is 7. The summed E-state index contributed by atoms with van der Waals surface area (Å²) in [4.78, 5) is 0. The average Bonchev–Trinajstić information content (AvgIpc) is 3.51. The van der Waals surface area contributed by atoms with E-state index in [1.165, 1.54) is 33.4 Å². The van der Waals surface area contributed by atoms with Crippen LogP contribution in [-0.4, -0.2) is 41.7 Å². The van der Waals surface area contributed by atoms with Crippen LogP contribution in [0.1, 0.15) is 131 Å². The Bertz CT molecular complexity index is 3060. The molecule has 394 valence electrons. The molecule has 20 bridgehead atoms. The van der Waals surface area contributed by atoms with Crippen LogP contribution in [0, 0.1) is 0 Å². The molecule has 0 aromatic heterocycles. The topological polar surface area (TPSA) is 55.4 Å². The zero-order valence-electron chi connectivity index (χ0n) is 45.5. The Morgan fingerprint density at radius 2 is 0.539 bits per heavy atom. The maximum atomic E-state index is 7.15. The summed E-state index contributed by atoms with van der Waals surface area (Å²) in [7, 11) is 5.09. The average molecular weight is 1040 g/mol. The highest BCUT2D eigenvalue weighted by Gasteiger charge is 2.47. The quantitative estimate of drug-likeness (QED) is 0.134. The zero-order valence-corrected chi connectivity index (χ0v) is 46.3. The van der Waals surface area contributed by atoms with E-state index in [9.17, 15) is 0 Å². The van der Waals surface area contributed by atoms with Crippen LogP contribution in [0.25, 0.3) is 44.5 Å². The molecule has 0 spiro atoms. The lowest BCUT2D eigenvalue weighted by atomic mass is 9.60. The molecule has 3 fully saturated rings. The number of methoxy groups -OCH3 is 3. The van der Waals surface area contributed by atoms with Gasteiger partial charge in [-0.25, -0.2) is 0 Å². The molecule has 0 atom stereocenters. The van der Waals surface area contributed by atoms with Crippen LogP contribution in [-0.2, 0) is 61.5 Å². The van der Waals surface area contributed by atoms with Gasteiger partial charge in [0.1, 0.15) is 20.4 Å². The minimum Gasteiger partial charge on any atom is -0.359 e. The van der Waals surface area contributed by atoms with Crippen molar-refractivity contribution < 1.29 is 28.4 Å². The number of hydrogen-bond donors (Lipinski definition) is 0. The smallest absolute Gasteiger partial charge is 0.147 e. The molecule has 0 aliphatic heterocycles. The Balaban J connectivity index is 0.912. The molecular formula is C69H75ClO6. The van der Waals surface area contributed by atoms with Gasteiger partial charge in [-0.3, -0.25) is 0 Å². The second kappa shape index (κ2) is 21.4. The molecule has 0 unspecified atom stereocenters. The van der Waals surface area contributed by atoms with E-state index in [-0.39, 0.29) is 36.6 Å². The Morgan fingerprint density at radius 3 is 0.829 bits per heavy atom. The van der Waals surface area contributed by atoms with Crippen LogP contribution in [0.15, 0.2) is 164 Å². The Kier molecular flexibility index (Phi) is 14.8. The van der Waals surface area contributed by atoms with E-state index >= 15 is 0 Å². The Morgan fingerprint density at radius 1 is 0.303 bits per heavy atom. The van der Waals surface area contributed by atoms with Crippen molar-refractivity contribution in [2.75, 3.05) is 41.7 Å². The largest absolute Gasteiger partial charge is 0.359 e. The molecule has 0 radical (unpaired) electrons. The molecule has 6 nitrogen and oxygen atoms in total. The minimum atomic E-state index is -0.551. The van der Waals surface area contributed by atoms with Crippen molar-refractivity contribution in [1.82, 2.24) is 0 Å². The number of hydrogen-bond acceptors (Lipinski definition) is 6. The van der Waals surface area contributed by atoms with Crippen molar-refractivity contribution in [3.63, 3.8) is 0 Å². The van der Waals surface area contributed by atoms with Gasteiger partial charge >= 0.3 is 0 Å². The molecule has 7 aromatic carbocycles. The summed E-state index contributed by atoms with van der Waals surface area (Å²) >= 11 is 7.15. The molecule has 26 rings (SSSR count). The highest BCUT2D eigenvalue weighted by Crippen LogP contribution is 2.53. The van der Waals surface area contributed by atoms with Crippen LogP contribution in [0.2, 0.25) is 5.02 Å². The van der Waals surface area contributed by atoms with Gasteiger partial charge in [0.15, 0.2) is 0 Å². The molecule has 0 N–H and O–H groups in total. The van der Waals surface area contributed by atoms with Gasteiger partial charge in [-0.2, -0.15) is 0 Å². The summed E-state index contributed by atoms with van der Waals surface area (Å²) < 4.78 is 36.8. The van der Waals surface area contributed by atoms with Crippen molar-refractivity contribution in [2.45, 2.75) is 131 Å². The third-order valence-corrected chi connectivity index (χ3v) is 19.4. The molecule has 76 heavy (non-hydrogen) atoms. The highest BCUT2D eigenvalue weighted by molar-refractivity contribution is 6.33. The van der Waals surface area contributed by atoms with Gasteiger partial charge in [-0.1, -0.05) is 190 Å². The van der Waals surface area contributed by atoms with Crippen molar-refractivity contribution in [2.24, 2.45) is 0 Å². The fourth-order valence-electron chi connectivity index (χ4n) is 13.6. The minimum absolute atomic E-state index is 0.0377. The van der Waals surface area contributed by atoms with Crippen LogP contribution < -0.4 is 0 Å². The lowest BCUT2D eigenvalue weighted by Gasteiger charge is -2.46. The predicted octanol–water partition coefficient (Wildman–Crippen LogP) is 17.4. The Hall–Kier alpha value is -5.41. The van der Waals surface area contributed by atoms with Crippen LogP contribution in [0.4, 0.5) is 0 Å². The maximum Gasteiger partial charge on any atom is 0.147 e. The number of ether oxygens (including phenoxy) is 6. The van der Waals surface area contributed by atoms with Gasteiger partial charge < -0.3 is 28.4 Å². The molecule has 0 heterocycles. The Labute approximate surface area is 457 Å². The fourth-order valence-corrected chi connectivity index (χ4v) is 13.8. The molecule has 0 saturated heterocycles. The SMILES string of the molecule is COCOC12CCC(C)(CC1)c1ccc(cc1)-c1ccc(cc1)C1(C)CCC(C)(CC1)c1ccc(cc1)-c1ccc(cc1Cl)-c1ccc(cc1)C1(OCOC)CCC(OCOC)(CC1)c1ccc(cc1)-c1ccc2cc1. The summed E-state index contributed by atoms with van der Waals surface area (Å²) in [6.07, 6.45) is 11.4. The first-order valence-electron chi connectivity index (χ1n) is 27.7. The van der Waals surface area contributed by atoms with Crippen LogP contribution in [0.3, 0.4) is 0 Å². The summed E-state index contributed by atoms with van der Waals surface area (Å²) in [6.45, 7) is 8.01. The molecule has 7 heteroatoms. The summed E-state index contributed by atoms with van der Waals surface area (Å²) in [5.41, 5.74) is 15.7. The molecule has 19 aliphatic rings. The lowest BCUT2D eigenvalue weighted by molar-refractivity contribution is -0.203. The first kappa shape index (κ1) is 52.6. The maximum absolute atomic E-state index is 7.15. The first-order valence-corrected chi connectivity index (χ1v) is 28.0. The normalized spacial score (nSPS) is 27.0. The second-order valence-electron chi connectivity index (χ2n) is 23.5. The molecule has 0 amide bonds. The third kappa shape index (κ3) is 10.0. The zero-order chi connectivity index (χ0) is 52.6. The van der Waals surface area contributed by atoms with Crippen LogP contribution in [0.5, 0.6) is 0 Å². The van der Waals surface area contributed by atoms with E-state index in [1.807, 2.05) is 0 Å². The van der Waals surface area contributed by atoms with E-state index < -0.39 is 16.8 Å².